The molecule has 1 aromatic carbocycles. The van der Waals surface area contributed by atoms with E-state index in [2.05, 4.69) is 10.6 Å². The van der Waals surface area contributed by atoms with Gasteiger partial charge in [0.1, 0.15) is 6.04 Å². The lowest BCUT2D eigenvalue weighted by molar-refractivity contribution is -0.122. The average molecular weight is 298 g/mol. The molecule has 1 aromatic rings. The lowest BCUT2D eigenvalue weighted by atomic mass is 10.1. The SMILES string of the molecule is CC(C)CNC(=O)C(C)NC(=O)c1ccc(N)c(Cl)c1. The van der Waals surface area contributed by atoms with Crippen LogP contribution in [0, 0.1) is 5.92 Å². The second-order valence-electron chi connectivity index (χ2n) is 5.07. The predicted molar refractivity (Wildman–Crippen MR) is 80.6 cm³/mol. The van der Waals surface area contributed by atoms with E-state index >= 15 is 0 Å². The minimum Gasteiger partial charge on any atom is -0.398 e. The Morgan fingerprint density at radius 3 is 2.50 bits per heavy atom. The van der Waals surface area contributed by atoms with Crippen LogP contribution in [0.4, 0.5) is 5.69 Å². The van der Waals surface area contributed by atoms with Crippen LogP contribution in [0.2, 0.25) is 5.02 Å². The third kappa shape index (κ3) is 4.74. The fourth-order valence-corrected chi connectivity index (χ4v) is 1.65. The van der Waals surface area contributed by atoms with Gasteiger partial charge in [0, 0.05) is 12.1 Å². The highest BCUT2D eigenvalue weighted by molar-refractivity contribution is 6.33. The summed E-state index contributed by atoms with van der Waals surface area (Å²) in [5.41, 5.74) is 6.35. The molecular formula is C14H20ClN3O2. The van der Waals surface area contributed by atoms with Gasteiger partial charge in [-0.15, -0.1) is 0 Å². The number of hydrogen-bond donors (Lipinski definition) is 3. The molecule has 1 rings (SSSR count). The summed E-state index contributed by atoms with van der Waals surface area (Å²) >= 11 is 5.86. The largest absolute Gasteiger partial charge is 0.398 e. The molecule has 1 atom stereocenters. The van der Waals surface area contributed by atoms with Gasteiger partial charge in [-0.2, -0.15) is 0 Å². The zero-order valence-corrected chi connectivity index (χ0v) is 12.6. The number of hydrogen-bond acceptors (Lipinski definition) is 3. The highest BCUT2D eigenvalue weighted by Gasteiger charge is 2.17. The van der Waals surface area contributed by atoms with E-state index in [0.717, 1.165) is 0 Å². The minimum absolute atomic E-state index is 0.214. The molecule has 0 aliphatic carbocycles. The van der Waals surface area contributed by atoms with Crippen molar-refractivity contribution in [1.82, 2.24) is 10.6 Å². The number of nitrogens with two attached hydrogens (primary N) is 1. The van der Waals surface area contributed by atoms with Gasteiger partial charge in [0.25, 0.3) is 5.91 Å². The van der Waals surface area contributed by atoms with Gasteiger partial charge in [0.2, 0.25) is 5.91 Å². The van der Waals surface area contributed by atoms with Crippen molar-refractivity contribution < 1.29 is 9.59 Å². The molecular weight excluding hydrogens is 278 g/mol. The lowest BCUT2D eigenvalue weighted by Crippen LogP contribution is -2.45. The lowest BCUT2D eigenvalue weighted by Gasteiger charge is -2.15. The zero-order valence-electron chi connectivity index (χ0n) is 11.9. The molecule has 1 unspecified atom stereocenters. The van der Waals surface area contributed by atoms with Gasteiger partial charge >= 0.3 is 0 Å². The summed E-state index contributed by atoms with van der Waals surface area (Å²) < 4.78 is 0. The fraction of sp³-hybridized carbons (Fsp3) is 0.429. The second kappa shape index (κ2) is 7.14. The molecule has 0 bridgehead atoms. The van der Waals surface area contributed by atoms with Gasteiger partial charge in [-0.1, -0.05) is 25.4 Å². The smallest absolute Gasteiger partial charge is 0.251 e. The molecule has 0 heterocycles. The topological polar surface area (TPSA) is 84.2 Å². The second-order valence-corrected chi connectivity index (χ2v) is 5.48. The maximum absolute atomic E-state index is 12.0. The van der Waals surface area contributed by atoms with Crippen LogP contribution in [-0.4, -0.2) is 24.4 Å². The first-order valence-electron chi connectivity index (χ1n) is 6.45. The first-order chi connectivity index (χ1) is 9.31. The number of anilines is 1. The van der Waals surface area contributed by atoms with E-state index in [1.807, 2.05) is 13.8 Å². The standard InChI is InChI=1S/C14H20ClN3O2/c1-8(2)7-17-13(19)9(3)18-14(20)10-4-5-12(16)11(15)6-10/h4-6,8-9H,7,16H2,1-3H3,(H,17,19)(H,18,20). The maximum atomic E-state index is 12.0. The summed E-state index contributed by atoms with van der Waals surface area (Å²) in [6.45, 7) is 6.21. The molecule has 5 nitrogen and oxygen atoms in total. The van der Waals surface area contributed by atoms with Crippen LogP contribution < -0.4 is 16.4 Å². The number of rotatable bonds is 5. The first kappa shape index (κ1) is 16.3. The summed E-state index contributed by atoms with van der Waals surface area (Å²) in [5.74, 6) is -0.217. The van der Waals surface area contributed by atoms with E-state index in [1.165, 1.54) is 6.07 Å². The Morgan fingerprint density at radius 1 is 1.30 bits per heavy atom. The van der Waals surface area contributed by atoms with Crippen LogP contribution in [0.1, 0.15) is 31.1 Å². The predicted octanol–water partition coefficient (Wildman–Crippen LogP) is 1.81. The van der Waals surface area contributed by atoms with Crippen LogP contribution in [0.15, 0.2) is 18.2 Å². The van der Waals surface area contributed by atoms with E-state index in [-0.39, 0.29) is 11.8 Å². The van der Waals surface area contributed by atoms with Gasteiger partial charge in [-0.25, -0.2) is 0 Å². The van der Waals surface area contributed by atoms with E-state index in [1.54, 1.807) is 19.1 Å². The van der Waals surface area contributed by atoms with Gasteiger partial charge in [0.15, 0.2) is 0 Å². The Balaban J connectivity index is 2.60. The van der Waals surface area contributed by atoms with Crippen molar-refractivity contribution in [3.8, 4) is 0 Å². The fourth-order valence-electron chi connectivity index (χ4n) is 1.47. The molecule has 110 valence electrons. The summed E-state index contributed by atoms with van der Waals surface area (Å²) in [7, 11) is 0. The maximum Gasteiger partial charge on any atom is 0.251 e. The van der Waals surface area contributed by atoms with Crippen LogP contribution in [0.25, 0.3) is 0 Å². The molecule has 0 saturated heterocycles. The summed E-state index contributed by atoms with van der Waals surface area (Å²) in [4.78, 5) is 23.7. The van der Waals surface area contributed by atoms with Crippen molar-refractivity contribution in [3.63, 3.8) is 0 Å². The summed E-state index contributed by atoms with van der Waals surface area (Å²) in [6, 6.07) is 3.98. The normalized spacial score (nSPS) is 12.1. The average Bonchev–Trinajstić information content (AvgIpc) is 2.38. The molecule has 4 N–H and O–H groups in total. The summed E-state index contributed by atoms with van der Waals surface area (Å²) in [5, 5.41) is 5.69. The number of carbonyl (C=O) groups is 2. The van der Waals surface area contributed by atoms with Crippen LogP contribution >= 0.6 is 11.6 Å². The first-order valence-corrected chi connectivity index (χ1v) is 6.82. The van der Waals surface area contributed by atoms with Crippen molar-refractivity contribution in [3.05, 3.63) is 28.8 Å². The Bertz CT molecular complexity index is 503. The van der Waals surface area contributed by atoms with Gasteiger partial charge in [-0.3, -0.25) is 9.59 Å². The monoisotopic (exact) mass is 297 g/mol. The molecule has 0 aromatic heterocycles. The van der Waals surface area contributed by atoms with Crippen molar-refractivity contribution in [2.75, 3.05) is 12.3 Å². The van der Waals surface area contributed by atoms with Crippen LogP contribution in [0.5, 0.6) is 0 Å². The zero-order chi connectivity index (χ0) is 15.3. The number of benzene rings is 1. The highest BCUT2D eigenvalue weighted by Crippen LogP contribution is 2.19. The number of amides is 2. The van der Waals surface area contributed by atoms with Crippen LogP contribution in [0.3, 0.4) is 0 Å². The van der Waals surface area contributed by atoms with E-state index < -0.39 is 6.04 Å². The molecule has 0 aliphatic heterocycles. The van der Waals surface area contributed by atoms with Crippen molar-refractivity contribution in [1.29, 1.82) is 0 Å². The molecule has 0 radical (unpaired) electrons. The number of carbonyl (C=O) groups excluding carboxylic acids is 2. The number of halogens is 1. The molecule has 0 saturated carbocycles. The summed E-state index contributed by atoms with van der Waals surface area (Å²) in [6.07, 6.45) is 0. The molecule has 20 heavy (non-hydrogen) atoms. The number of nitrogen functional groups attached to an aromatic ring is 1. The van der Waals surface area contributed by atoms with E-state index in [4.69, 9.17) is 17.3 Å². The quantitative estimate of drug-likeness (QED) is 0.725. The molecule has 0 aliphatic rings. The van der Waals surface area contributed by atoms with E-state index in [0.29, 0.717) is 28.7 Å². The highest BCUT2D eigenvalue weighted by atomic mass is 35.5. The molecule has 2 amide bonds. The Hall–Kier alpha value is -1.75. The van der Waals surface area contributed by atoms with E-state index in [9.17, 15) is 9.59 Å². The minimum atomic E-state index is -0.613. The third-order valence-corrected chi connectivity index (χ3v) is 3.02. The van der Waals surface area contributed by atoms with Gasteiger partial charge < -0.3 is 16.4 Å². The van der Waals surface area contributed by atoms with Gasteiger partial charge in [-0.05, 0) is 31.0 Å². The van der Waals surface area contributed by atoms with Crippen molar-refractivity contribution >= 4 is 29.1 Å². The molecule has 6 heteroatoms. The molecule has 0 spiro atoms. The Labute approximate surface area is 123 Å². The van der Waals surface area contributed by atoms with Crippen molar-refractivity contribution in [2.24, 2.45) is 5.92 Å². The number of nitrogens with one attached hydrogen (secondary N) is 2. The third-order valence-electron chi connectivity index (χ3n) is 2.69. The van der Waals surface area contributed by atoms with Gasteiger partial charge in [0.05, 0.1) is 10.7 Å². The molecule has 0 fully saturated rings. The Kier molecular flexibility index (Phi) is 5.82. The Morgan fingerprint density at radius 2 is 1.95 bits per heavy atom. The van der Waals surface area contributed by atoms with Crippen molar-refractivity contribution in [2.45, 2.75) is 26.8 Å². The van der Waals surface area contributed by atoms with Crippen LogP contribution in [-0.2, 0) is 4.79 Å².